The second-order valence-electron chi connectivity index (χ2n) is 6.14. The van der Waals surface area contributed by atoms with Crippen molar-refractivity contribution in [2.24, 2.45) is 0 Å². The van der Waals surface area contributed by atoms with Gasteiger partial charge in [-0.1, -0.05) is 36.4 Å². The van der Waals surface area contributed by atoms with Gasteiger partial charge in [0.05, 0.1) is 19.3 Å². The predicted molar refractivity (Wildman–Crippen MR) is 104 cm³/mol. The number of rotatable bonds is 9. The maximum atomic E-state index is 11.6. The summed E-state index contributed by atoms with van der Waals surface area (Å²) in [7, 11) is 5.62. The van der Waals surface area contributed by atoms with Gasteiger partial charge >= 0.3 is 5.97 Å². The maximum Gasteiger partial charge on any atom is 0.336 e. The molecule has 0 saturated carbocycles. The zero-order valence-corrected chi connectivity index (χ0v) is 15.4. The third kappa shape index (κ3) is 5.63. The van der Waals surface area contributed by atoms with Crippen LogP contribution in [0.2, 0.25) is 0 Å². The van der Waals surface area contributed by atoms with Gasteiger partial charge in [0.2, 0.25) is 0 Å². The summed E-state index contributed by atoms with van der Waals surface area (Å²) in [5.41, 5.74) is 1.62. The summed E-state index contributed by atoms with van der Waals surface area (Å²) in [6, 6.07) is 14.5. The molecule has 2 aromatic rings. The van der Waals surface area contributed by atoms with Crippen molar-refractivity contribution in [3.63, 3.8) is 0 Å². The molecule has 26 heavy (non-hydrogen) atoms. The van der Waals surface area contributed by atoms with Crippen molar-refractivity contribution in [1.82, 2.24) is 4.90 Å². The number of carbonyl (C=O) groups is 1. The number of hydrogen-bond acceptors (Lipinski definition) is 4. The molecule has 0 bridgehead atoms. The topological polar surface area (TPSA) is 59.0 Å². The molecule has 0 spiro atoms. The van der Waals surface area contributed by atoms with Crippen LogP contribution in [0.5, 0.6) is 11.5 Å². The molecule has 0 unspecified atom stereocenters. The standard InChI is InChI=1S/C21H25NO4/c1-22(2)12-7-13-26-19-11-10-16(15-20(19)25-3)14-18(21(23)24)17-8-5-4-6-9-17/h4-6,8-11,14-15H,7,12-13H2,1-3H3,(H,23,24)/b18-14+. The van der Waals surface area contributed by atoms with Crippen LogP contribution >= 0.6 is 0 Å². The molecule has 0 aromatic heterocycles. The Balaban J connectivity index is 2.20. The minimum absolute atomic E-state index is 0.229. The van der Waals surface area contributed by atoms with E-state index in [0.717, 1.165) is 18.5 Å². The molecule has 5 heteroatoms. The van der Waals surface area contributed by atoms with Crippen molar-refractivity contribution in [2.45, 2.75) is 6.42 Å². The predicted octanol–water partition coefficient (Wildman–Crippen LogP) is 3.65. The Morgan fingerprint density at radius 2 is 1.85 bits per heavy atom. The van der Waals surface area contributed by atoms with Crippen molar-refractivity contribution in [2.75, 3.05) is 34.4 Å². The quantitative estimate of drug-likeness (QED) is 0.423. The van der Waals surface area contributed by atoms with Crippen LogP contribution in [0, 0.1) is 0 Å². The summed E-state index contributed by atoms with van der Waals surface area (Å²) in [5, 5.41) is 9.53. The molecule has 0 fully saturated rings. The molecule has 0 amide bonds. The van der Waals surface area contributed by atoms with Crippen LogP contribution in [-0.2, 0) is 4.79 Å². The summed E-state index contributed by atoms with van der Waals surface area (Å²) in [6.07, 6.45) is 2.55. The number of ether oxygens (including phenoxy) is 2. The number of carboxylic acids is 1. The maximum absolute atomic E-state index is 11.6. The second kappa shape index (κ2) is 9.63. The molecule has 0 heterocycles. The van der Waals surface area contributed by atoms with E-state index in [0.29, 0.717) is 23.7 Å². The van der Waals surface area contributed by atoms with E-state index in [4.69, 9.17) is 9.47 Å². The monoisotopic (exact) mass is 355 g/mol. The molecule has 0 atom stereocenters. The highest BCUT2D eigenvalue weighted by Gasteiger charge is 2.11. The Morgan fingerprint density at radius 3 is 2.46 bits per heavy atom. The van der Waals surface area contributed by atoms with Crippen molar-refractivity contribution >= 4 is 17.6 Å². The summed E-state index contributed by atoms with van der Waals surface area (Å²) in [5.74, 6) is 0.264. The molecule has 0 saturated heterocycles. The Morgan fingerprint density at radius 1 is 1.12 bits per heavy atom. The average Bonchev–Trinajstić information content (AvgIpc) is 2.64. The lowest BCUT2D eigenvalue weighted by Gasteiger charge is -2.13. The van der Waals surface area contributed by atoms with Crippen LogP contribution in [0.25, 0.3) is 11.6 Å². The minimum atomic E-state index is -0.973. The molecular weight excluding hydrogens is 330 g/mol. The normalized spacial score (nSPS) is 11.5. The van der Waals surface area contributed by atoms with Gasteiger partial charge in [-0.15, -0.1) is 0 Å². The average molecular weight is 355 g/mol. The van der Waals surface area contributed by atoms with E-state index in [9.17, 15) is 9.90 Å². The molecule has 0 aliphatic heterocycles. The first-order valence-electron chi connectivity index (χ1n) is 8.47. The zero-order valence-electron chi connectivity index (χ0n) is 15.4. The summed E-state index contributed by atoms with van der Waals surface area (Å²) >= 11 is 0. The van der Waals surface area contributed by atoms with Gasteiger partial charge in [0.1, 0.15) is 0 Å². The number of benzene rings is 2. The van der Waals surface area contributed by atoms with E-state index in [1.807, 2.05) is 44.4 Å². The lowest BCUT2D eigenvalue weighted by molar-refractivity contribution is -0.130. The first-order valence-corrected chi connectivity index (χ1v) is 8.47. The zero-order chi connectivity index (χ0) is 18.9. The van der Waals surface area contributed by atoms with Gasteiger partial charge in [0.25, 0.3) is 0 Å². The second-order valence-corrected chi connectivity index (χ2v) is 6.14. The fraction of sp³-hybridized carbons (Fsp3) is 0.286. The lowest BCUT2D eigenvalue weighted by Crippen LogP contribution is -2.15. The molecule has 138 valence electrons. The number of nitrogens with zero attached hydrogens (tertiary/aromatic N) is 1. The van der Waals surface area contributed by atoms with E-state index in [1.165, 1.54) is 0 Å². The molecular formula is C21H25NO4. The summed E-state index contributed by atoms with van der Waals surface area (Å²) < 4.78 is 11.2. The van der Waals surface area contributed by atoms with Gasteiger partial charge in [0, 0.05) is 6.54 Å². The van der Waals surface area contributed by atoms with Crippen molar-refractivity contribution in [3.05, 3.63) is 59.7 Å². The van der Waals surface area contributed by atoms with E-state index >= 15 is 0 Å². The number of aliphatic carboxylic acids is 1. The van der Waals surface area contributed by atoms with Crippen molar-refractivity contribution < 1.29 is 19.4 Å². The third-order valence-corrected chi connectivity index (χ3v) is 3.82. The van der Waals surface area contributed by atoms with Gasteiger partial charge in [-0.2, -0.15) is 0 Å². The van der Waals surface area contributed by atoms with Crippen molar-refractivity contribution in [1.29, 1.82) is 0 Å². The fourth-order valence-corrected chi connectivity index (χ4v) is 2.51. The van der Waals surface area contributed by atoms with Gasteiger partial charge in [-0.25, -0.2) is 4.79 Å². The lowest BCUT2D eigenvalue weighted by atomic mass is 10.0. The van der Waals surface area contributed by atoms with E-state index in [-0.39, 0.29) is 5.57 Å². The van der Waals surface area contributed by atoms with Gasteiger partial charge in [-0.3, -0.25) is 0 Å². The molecule has 0 aliphatic rings. The fourth-order valence-electron chi connectivity index (χ4n) is 2.51. The van der Waals surface area contributed by atoms with E-state index in [1.54, 1.807) is 31.4 Å². The Hall–Kier alpha value is -2.79. The molecule has 5 nitrogen and oxygen atoms in total. The van der Waals surface area contributed by atoms with Crippen LogP contribution < -0.4 is 9.47 Å². The summed E-state index contributed by atoms with van der Waals surface area (Å²) in [4.78, 5) is 13.7. The first-order chi connectivity index (χ1) is 12.5. The summed E-state index contributed by atoms with van der Waals surface area (Å²) in [6.45, 7) is 1.54. The minimum Gasteiger partial charge on any atom is -0.493 e. The Kier molecular flexibility index (Phi) is 7.24. The molecule has 2 aromatic carbocycles. The van der Waals surface area contributed by atoms with Crippen LogP contribution in [0.15, 0.2) is 48.5 Å². The van der Waals surface area contributed by atoms with Crippen molar-refractivity contribution in [3.8, 4) is 11.5 Å². The first kappa shape index (κ1) is 19.5. The van der Waals surface area contributed by atoms with Crippen LogP contribution in [0.1, 0.15) is 17.5 Å². The molecule has 0 aliphatic carbocycles. The number of hydrogen-bond donors (Lipinski definition) is 1. The highest BCUT2D eigenvalue weighted by Crippen LogP contribution is 2.30. The number of methoxy groups -OCH3 is 1. The highest BCUT2D eigenvalue weighted by molar-refractivity contribution is 6.20. The van der Waals surface area contributed by atoms with Gasteiger partial charge in [0.15, 0.2) is 11.5 Å². The van der Waals surface area contributed by atoms with Crippen LogP contribution in [0.4, 0.5) is 0 Å². The van der Waals surface area contributed by atoms with Crippen LogP contribution in [0.3, 0.4) is 0 Å². The highest BCUT2D eigenvalue weighted by atomic mass is 16.5. The van der Waals surface area contributed by atoms with E-state index in [2.05, 4.69) is 4.90 Å². The van der Waals surface area contributed by atoms with E-state index < -0.39 is 5.97 Å². The molecule has 2 rings (SSSR count). The number of carboxylic acid groups (broad SMARTS) is 1. The molecule has 0 radical (unpaired) electrons. The third-order valence-electron chi connectivity index (χ3n) is 3.82. The molecule has 1 N–H and O–H groups in total. The Labute approximate surface area is 154 Å². The largest absolute Gasteiger partial charge is 0.493 e. The van der Waals surface area contributed by atoms with Gasteiger partial charge < -0.3 is 19.5 Å². The van der Waals surface area contributed by atoms with Crippen LogP contribution in [-0.4, -0.2) is 50.3 Å². The SMILES string of the molecule is COc1cc(/C=C(/C(=O)O)c2ccccc2)ccc1OCCCN(C)C. The Bertz CT molecular complexity index is 754. The smallest absolute Gasteiger partial charge is 0.336 e. The van der Waals surface area contributed by atoms with Gasteiger partial charge in [-0.05, 0) is 49.9 Å².